The van der Waals surface area contributed by atoms with Crippen LogP contribution in [0.1, 0.15) is 12.0 Å². The molecular weight excluding hydrogens is 212 g/mol. The smallest absolute Gasteiger partial charge is 0.122 e. The van der Waals surface area contributed by atoms with Crippen molar-refractivity contribution in [2.75, 3.05) is 33.3 Å². The van der Waals surface area contributed by atoms with Gasteiger partial charge in [-0.2, -0.15) is 0 Å². The number of likely N-dealkylation sites (tertiary alicyclic amines) is 1. The van der Waals surface area contributed by atoms with Gasteiger partial charge in [0.15, 0.2) is 0 Å². The van der Waals surface area contributed by atoms with Gasteiger partial charge in [-0.3, -0.25) is 0 Å². The lowest BCUT2D eigenvalue weighted by atomic mass is 10.1. The second-order valence-corrected chi connectivity index (χ2v) is 4.75. The van der Waals surface area contributed by atoms with E-state index in [0.29, 0.717) is 5.92 Å². The Hall–Kier alpha value is -1.06. The summed E-state index contributed by atoms with van der Waals surface area (Å²) in [5.74, 6) is 1.70. The van der Waals surface area contributed by atoms with Gasteiger partial charge in [-0.05, 0) is 43.5 Å². The summed E-state index contributed by atoms with van der Waals surface area (Å²) in [4.78, 5) is 2.50. The number of hydrogen-bond acceptors (Lipinski definition) is 3. The first-order chi connectivity index (χ1) is 8.33. The summed E-state index contributed by atoms with van der Waals surface area (Å²) >= 11 is 0. The molecule has 1 heterocycles. The number of nitrogens with two attached hydrogens (primary N) is 1. The average Bonchev–Trinajstić information content (AvgIpc) is 2.84. The minimum absolute atomic E-state index is 0.702. The van der Waals surface area contributed by atoms with E-state index in [1.54, 1.807) is 7.11 Å². The van der Waals surface area contributed by atoms with E-state index in [1.807, 2.05) is 12.1 Å². The van der Waals surface area contributed by atoms with Crippen molar-refractivity contribution in [2.24, 2.45) is 11.7 Å². The Bertz CT molecular complexity index is 354. The Morgan fingerprint density at radius 2 is 2.24 bits per heavy atom. The zero-order valence-electron chi connectivity index (χ0n) is 10.6. The predicted octanol–water partition coefficient (Wildman–Crippen LogP) is 1.52. The number of benzene rings is 1. The van der Waals surface area contributed by atoms with E-state index < -0.39 is 0 Å². The van der Waals surface area contributed by atoms with E-state index in [1.165, 1.54) is 18.5 Å². The maximum atomic E-state index is 5.70. The van der Waals surface area contributed by atoms with Crippen LogP contribution < -0.4 is 10.5 Å². The van der Waals surface area contributed by atoms with Gasteiger partial charge in [-0.15, -0.1) is 0 Å². The number of hydrogen-bond donors (Lipinski definition) is 1. The van der Waals surface area contributed by atoms with Crippen molar-refractivity contribution in [1.29, 1.82) is 0 Å². The van der Waals surface area contributed by atoms with Crippen molar-refractivity contribution in [3.63, 3.8) is 0 Å². The number of rotatable bonds is 5. The molecule has 1 aromatic carbocycles. The molecule has 0 spiro atoms. The van der Waals surface area contributed by atoms with E-state index in [4.69, 9.17) is 10.5 Å². The van der Waals surface area contributed by atoms with Gasteiger partial charge < -0.3 is 15.4 Å². The second-order valence-electron chi connectivity index (χ2n) is 4.75. The highest BCUT2D eigenvalue weighted by Crippen LogP contribution is 2.20. The van der Waals surface area contributed by atoms with Crippen LogP contribution in [0.25, 0.3) is 0 Å². The molecule has 0 saturated carbocycles. The quantitative estimate of drug-likeness (QED) is 0.839. The fraction of sp³-hybridized carbons (Fsp3) is 0.571. The van der Waals surface area contributed by atoms with Crippen molar-refractivity contribution < 1.29 is 4.74 Å². The Morgan fingerprint density at radius 1 is 1.41 bits per heavy atom. The molecule has 2 rings (SSSR count). The normalized spacial score (nSPS) is 20.7. The number of para-hydroxylation sites is 1. The van der Waals surface area contributed by atoms with Gasteiger partial charge >= 0.3 is 0 Å². The third kappa shape index (κ3) is 3.20. The molecule has 0 aliphatic carbocycles. The average molecular weight is 234 g/mol. The van der Waals surface area contributed by atoms with Crippen LogP contribution in [0.3, 0.4) is 0 Å². The first-order valence-electron chi connectivity index (χ1n) is 6.37. The van der Waals surface area contributed by atoms with E-state index in [0.717, 1.165) is 31.8 Å². The first kappa shape index (κ1) is 12.4. The van der Waals surface area contributed by atoms with Gasteiger partial charge in [0.25, 0.3) is 0 Å². The number of methoxy groups -OCH3 is 1. The van der Waals surface area contributed by atoms with Crippen molar-refractivity contribution in [3.05, 3.63) is 29.8 Å². The topological polar surface area (TPSA) is 38.5 Å². The van der Waals surface area contributed by atoms with Crippen LogP contribution in [0.15, 0.2) is 24.3 Å². The molecule has 3 nitrogen and oxygen atoms in total. The maximum absolute atomic E-state index is 5.70. The van der Waals surface area contributed by atoms with E-state index in [9.17, 15) is 0 Å². The summed E-state index contributed by atoms with van der Waals surface area (Å²) < 4.78 is 5.36. The number of nitrogens with zero attached hydrogens (tertiary/aromatic N) is 1. The van der Waals surface area contributed by atoms with Crippen molar-refractivity contribution in [1.82, 2.24) is 4.90 Å². The molecule has 0 radical (unpaired) electrons. The summed E-state index contributed by atoms with van der Waals surface area (Å²) in [6, 6.07) is 8.27. The van der Waals surface area contributed by atoms with Crippen LogP contribution in [-0.2, 0) is 6.42 Å². The molecule has 0 aromatic heterocycles. The van der Waals surface area contributed by atoms with E-state index in [2.05, 4.69) is 17.0 Å². The van der Waals surface area contributed by atoms with Crippen LogP contribution in [0.2, 0.25) is 0 Å². The van der Waals surface area contributed by atoms with Crippen LogP contribution in [-0.4, -0.2) is 38.2 Å². The zero-order valence-corrected chi connectivity index (χ0v) is 10.6. The molecule has 1 atom stereocenters. The third-order valence-electron chi connectivity index (χ3n) is 3.59. The lowest BCUT2D eigenvalue weighted by molar-refractivity contribution is 0.326. The third-order valence-corrected chi connectivity index (χ3v) is 3.59. The van der Waals surface area contributed by atoms with Crippen molar-refractivity contribution in [2.45, 2.75) is 12.8 Å². The monoisotopic (exact) mass is 234 g/mol. The highest BCUT2D eigenvalue weighted by molar-refractivity contribution is 5.33. The van der Waals surface area contributed by atoms with Crippen LogP contribution in [0, 0.1) is 5.92 Å². The molecule has 1 fully saturated rings. The minimum Gasteiger partial charge on any atom is -0.496 e. The molecule has 0 amide bonds. The summed E-state index contributed by atoms with van der Waals surface area (Å²) in [5, 5.41) is 0. The Kier molecular flexibility index (Phi) is 4.40. The standard InChI is InChI=1S/C14H22N2O/c1-17-14-5-3-2-4-13(14)7-9-16-8-6-12(10-15)11-16/h2-5,12H,6-11,15H2,1H3. The predicted molar refractivity (Wildman–Crippen MR) is 70.3 cm³/mol. The Balaban J connectivity index is 1.85. The van der Waals surface area contributed by atoms with Crippen LogP contribution in [0.4, 0.5) is 0 Å². The largest absolute Gasteiger partial charge is 0.496 e. The zero-order chi connectivity index (χ0) is 12.1. The number of ether oxygens (including phenoxy) is 1. The van der Waals surface area contributed by atoms with Gasteiger partial charge in [0.2, 0.25) is 0 Å². The van der Waals surface area contributed by atoms with Crippen molar-refractivity contribution >= 4 is 0 Å². The summed E-state index contributed by atoms with van der Waals surface area (Å²) in [7, 11) is 1.74. The van der Waals surface area contributed by atoms with Gasteiger partial charge in [-0.25, -0.2) is 0 Å². The molecule has 1 aliphatic rings. The Morgan fingerprint density at radius 3 is 2.94 bits per heavy atom. The lowest BCUT2D eigenvalue weighted by Gasteiger charge is -2.16. The van der Waals surface area contributed by atoms with Crippen molar-refractivity contribution in [3.8, 4) is 5.75 Å². The molecule has 94 valence electrons. The molecule has 1 aliphatic heterocycles. The highest BCUT2D eigenvalue weighted by Gasteiger charge is 2.20. The molecule has 2 N–H and O–H groups in total. The summed E-state index contributed by atoms with van der Waals surface area (Å²) in [6.45, 7) is 4.28. The van der Waals surface area contributed by atoms with E-state index >= 15 is 0 Å². The molecule has 1 unspecified atom stereocenters. The molecule has 1 aromatic rings. The fourth-order valence-electron chi connectivity index (χ4n) is 2.50. The van der Waals surface area contributed by atoms with Gasteiger partial charge in [-0.1, -0.05) is 18.2 Å². The molecular formula is C14H22N2O. The lowest BCUT2D eigenvalue weighted by Crippen LogP contribution is -2.25. The summed E-state index contributed by atoms with van der Waals surface area (Å²) in [5.41, 5.74) is 7.00. The fourth-order valence-corrected chi connectivity index (χ4v) is 2.50. The molecule has 0 bridgehead atoms. The van der Waals surface area contributed by atoms with E-state index in [-0.39, 0.29) is 0 Å². The first-order valence-corrected chi connectivity index (χ1v) is 6.37. The van der Waals surface area contributed by atoms with Gasteiger partial charge in [0, 0.05) is 13.1 Å². The minimum atomic E-state index is 0.702. The van der Waals surface area contributed by atoms with Crippen LogP contribution in [0.5, 0.6) is 5.75 Å². The van der Waals surface area contributed by atoms with Crippen LogP contribution >= 0.6 is 0 Å². The highest BCUT2D eigenvalue weighted by atomic mass is 16.5. The van der Waals surface area contributed by atoms with Gasteiger partial charge in [0.1, 0.15) is 5.75 Å². The maximum Gasteiger partial charge on any atom is 0.122 e. The Labute approximate surface area is 104 Å². The van der Waals surface area contributed by atoms with Gasteiger partial charge in [0.05, 0.1) is 7.11 Å². The summed E-state index contributed by atoms with van der Waals surface area (Å²) in [6.07, 6.45) is 2.31. The second kappa shape index (κ2) is 6.03. The molecule has 17 heavy (non-hydrogen) atoms. The SMILES string of the molecule is COc1ccccc1CCN1CCC(CN)C1. The molecule has 3 heteroatoms. The molecule has 1 saturated heterocycles.